The molecule has 0 N–H and O–H groups in total. The standard InChI is InChI=1S/C27H22FN5O/c1-16-12-21(9-10-24(16)29-4)33-18(3)26(17(2)31-33)19-7-8-20(23(28)13-19)14-32-15-25-22(27(32)34)6-5-11-30-25/h5-13H,14-15H2,1-3H3. The third-order valence-electron chi connectivity index (χ3n) is 6.29. The van der Waals surface area contributed by atoms with Crippen molar-refractivity contribution in [2.75, 3.05) is 0 Å². The topological polar surface area (TPSA) is 55.4 Å². The molecule has 0 aliphatic carbocycles. The van der Waals surface area contributed by atoms with Crippen LogP contribution in [0.2, 0.25) is 0 Å². The van der Waals surface area contributed by atoms with E-state index in [1.165, 1.54) is 6.07 Å². The van der Waals surface area contributed by atoms with Crippen LogP contribution in [0.3, 0.4) is 0 Å². The molecular formula is C27H22FN5O. The zero-order valence-corrected chi connectivity index (χ0v) is 19.1. The minimum Gasteiger partial charge on any atom is -0.328 e. The van der Waals surface area contributed by atoms with Gasteiger partial charge in [-0.15, -0.1) is 0 Å². The van der Waals surface area contributed by atoms with Crippen LogP contribution in [0.1, 0.15) is 38.6 Å². The summed E-state index contributed by atoms with van der Waals surface area (Å²) in [5.41, 5.74) is 7.38. The molecular weight excluding hydrogens is 429 g/mol. The number of carbonyl (C=O) groups is 1. The second kappa shape index (κ2) is 8.23. The zero-order chi connectivity index (χ0) is 24.0. The van der Waals surface area contributed by atoms with Gasteiger partial charge in [0, 0.05) is 29.6 Å². The number of aromatic nitrogens is 3. The smallest absolute Gasteiger partial charge is 0.256 e. The SMILES string of the molecule is [C-]#[N+]c1ccc(-n2nc(C)c(-c3ccc(CN4Cc5ncccc5C4=O)c(F)c3)c2C)cc1C. The molecule has 6 nitrogen and oxygen atoms in total. The first kappa shape index (κ1) is 21.5. The van der Waals surface area contributed by atoms with E-state index < -0.39 is 0 Å². The van der Waals surface area contributed by atoms with Crippen molar-refractivity contribution >= 4 is 11.6 Å². The lowest BCUT2D eigenvalue weighted by Gasteiger charge is -2.16. The van der Waals surface area contributed by atoms with Gasteiger partial charge in [0.05, 0.1) is 35.8 Å². The summed E-state index contributed by atoms with van der Waals surface area (Å²) in [6.07, 6.45) is 1.66. The Morgan fingerprint density at radius 3 is 2.65 bits per heavy atom. The van der Waals surface area contributed by atoms with Crippen molar-refractivity contribution in [3.63, 3.8) is 0 Å². The van der Waals surface area contributed by atoms with E-state index in [0.29, 0.717) is 23.4 Å². The van der Waals surface area contributed by atoms with Crippen molar-refractivity contribution in [1.29, 1.82) is 0 Å². The average Bonchev–Trinajstić information content (AvgIpc) is 3.30. The molecule has 4 aromatic rings. The van der Waals surface area contributed by atoms with Crippen molar-refractivity contribution in [3.05, 3.63) is 106 Å². The minimum atomic E-state index is -0.363. The number of fused-ring (bicyclic) bond motifs is 1. The maximum atomic E-state index is 15.2. The number of hydrogen-bond donors (Lipinski definition) is 0. The fourth-order valence-electron chi connectivity index (χ4n) is 4.55. The summed E-state index contributed by atoms with van der Waals surface area (Å²) >= 11 is 0. The van der Waals surface area contributed by atoms with E-state index in [0.717, 1.165) is 39.5 Å². The minimum absolute atomic E-state index is 0.126. The number of nitrogens with zero attached hydrogens (tertiary/aromatic N) is 5. The quantitative estimate of drug-likeness (QED) is 0.374. The number of carbonyl (C=O) groups excluding carboxylic acids is 1. The molecule has 168 valence electrons. The van der Waals surface area contributed by atoms with Crippen LogP contribution in [0.5, 0.6) is 0 Å². The number of benzene rings is 2. The zero-order valence-electron chi connectivity index (χ0n) is 19.1. The monoisotopic (exact) mass is 451 g/mol. The Morgan fingerprint density at radius 1 is 1.12 bits per heavy atom. The lowest BCUT2D eigenvalue weighted by atomic mass is 10.0. The predicted octanol–water partition coefficient (Wildman–Crippen LogP) is 5.71. The lowest BCUT2D eigenvalue weighted by Crippen LogP contribution is -2.23. The Kier molecular flexibility index (Phi) is 5.21. The molecule has 1 amide bonds. The lowest BCUT2D eigenvalue weighted by molar-refractivity contribution is 0.0765. The van der Waals surface area contributed by atoms with Crippen LogP contribution in [0, 0.1) is 33.2 Å². The van der Waals surface area contributed by atoms with E-state index in [-0.39, 0.29) is 18.3 Å². The second-order valence-corrected chi connectivity index (χ2v) is 8.51. The summed E-state index contributed by atoms with van der Waals surface area (Å²) in [6, 6.07) is 14.2. The fourth-order valence-corrected chi connectivity index (χ4v) is 4.55. The van der Waals surface area contributed by atoms with Gasteiger partial charge in [0.15, 0.2) is 5.69 Å². The Morgan fingerprint density at radius 2 is 1.94 bits per heavy atom. The molecule has 0 atom stereocenters. The molecule has 0 unspecified atom stereocenters. The maximum absolute atomic E-state index is 15.2. The van der Waals surface area contributed by atoms with Gasteiger partial charge in [0.25, 0.3) is 5.91 Å². The van der Waals surface area contributed by atoms with Crippen LogP contribution in [0.4, 0.5) is 10.1 Å². The van der Waals surface area contributed by atoms with E-state index in [1.54, 1.807) is 35.4 Å². The number of amides is 1. The largest absolute Gasteiger partial charge is 0.328 e. The summed E-state index contributed by atoms with van der Waals surface area (Å²) in [7, 11) is 0. The highest BCUT2D eigenvalue weighted by molar-refractivity contribution is 5.97. The average molecular weight is 452 g/mol. The highest BCUT2D eigenvalue weighted by Gasteiger charge is 2.28. The van der Waals surface area contributed by atoms with E-state index in [1.807, 2.05) is 43.7 Å². The molecule has 0 fully saturated rings. The van der Waals surface area contributed by atoms with Crippen LogP contribution in [0.15, 0.2) is 54.7 Å². The van der Waals surface area contributed by atoms with Gasteiger partial charge in [-0.3, -0.25) is 9.78 Å². The van der Waals surface area contributed by atoms with Crippen molar-refractivity contribution in [1.82, 2.24) is 19.7 Å². The second-order valence-electron chi connectivity index (χ2n) is 8.51. The number of halogens is 1. The van der Waals surface area contributed by atoms with Gasteiger partial charge in [-0.2, -0.15) is 5.10 Å². The molecule has 2 aromatic heterocycles. The molecule has 2 aromatic carbocycles. The third kappa shape index (κ3) is 3.54. The van der Waals surface area contributed by atoms with Crippen LogP contribution in [-0.4, -0.2) is 25.6 Å². The Hall–Kier alpha value is -4.31. The molecule has 7 heteroatoms. The van der Waals surface area contributed by atoms with E-state index in [4.69, 9.17) is 6.57 Å². The molecule has 0 spiro atoms. The molecule has 34 heavy (non-hydrogen) atoms. The van der Waals surface area contributed by atoms with Crippen molar-refractivity contribution in [2.24, 2.45) is 0 Å². The van der Waals surface area contributed by atoms with Crippen molar-refractivity contribution in [3.8, 4) is 16.8 Å². The summed E-state index contributed by atoms with van der Waals surface area (Å²) in [4.78, 5) is 22.0. The van der Waals surface area contributed by atoms with E-state index in [9.17, 15) is 4.79 Å². The summed E-state index contributed by atoms with van der Waals surface area (Å²) < 4.78 is 17.0. The van der Waals surface area contributed by atoms with Gasteiger partial charge < -0.3 is 4.90 Å². The predicted molar refractivity (Wildman–Crippen MR) is 127 cm³/mol. The molecule has 0 saturated heterocycles. The van der Waals surface area contributed by atoms with Gasteiger partial charge in [-0.25, -0.2) is 13.9 Å². The molecule has 5 rings (SSSR count). The first-order valence-corrected chi connectivity index (χ1v) is 10.9. The number of aryl methyl sites for hydroxylation is 2. The van der Waals surface area contributed by atoms with Crippen molar-refractivity contribution < 1.29 is 9.18 Å². The number of rotatable bonds is 4. The van der Waals surface area contributed by atoms with Crippen LogP contribution >= 0.6 is 0 Å². The van der Waals surface area contributed by atoms with Crippen LogP contribution in [-0.2, 0) is 13.1 Å². The van der Waals surface area contributed by atoms with Gasteiger partial charge >= 0.3 is 0 Å². The summed E-state index contributed by atoms with van der Waals surface area (Å²) in [6.45, 7) is 13.6. The van der Waals surface area contributed by atoms with Gasteiger partial charge in [-0.1, -0.05) is 18.2 Å². The van der Waals surface area contributed by atoms with Gasteiger partial charge in [0.1, 0.15) is 5.82 Å². The van der Waals surface area contributed by atoms with E-state index in [2.05, 4.69) is 14.9 Å². The molecule has 1 aliphatic rings. The third-order valence-corrected chi connectivity index (χ3v) is 6.29. The fraction of sp³-hybridized carbons (Fsp3) is 0.185. The Balaban J connectivity index is 1.44. The molecule has 0 bridgehead atoms. The molecule has 3 heterocycles. The van der Waals surface area contributed by atoms with Crippen LogP contribution in [0.25, 0.3) is 21.7 Å². The van der Waals surface area contributed by atoms with Gasteiger partial charge in [0.2, 0.25) is 0 Å². The normalized spacial score (nSPS) is 12.7. The maximum Gasteiger partial charge on any atom is 0.256 e. The number of pyridine rings is 1. The highest BCUT2D eigenvalue weighted by Crippen LogP contribution is 2.32. The van der Waals surface area contributed by atoms with Crippen LogP contribution < -0.4 is 0 Å². The Bertz CT molecular complexity index is 1500. The molecule has 0 radical (unpaired) electrons. The first-order chi connectivity index (χ1) is 16.4. The summed E-state index contributed by atoms with van der Waals surface area (Å²) in [5, 5.41) is 4.68. The Labute approximate surface area is 197 Å². The number of hydrogen-bond acceptors (Lipinski definition) is 3. The van der Waals surface area contributed by atoms with Crippen molar-refractivity contribution in [2.45, 2.75) is 33.9 Å². The highest BCUT2D eigenvalue weighted by atomic mass is 19.1. The molecule has 1 aliphatic heterocycles. The first-order valence-electron chi connectivity index (χ1n) is 10.9. The molecule has 0 saturated carbocycles. The summed E-state index contributed by atoms with van der Waals surface area (Å²) in [5.74, 6) is -0.489. The van der Waals surface area contributed by atoms with Gasteiger partial charge in [-0.05, 0) is 62.2 Å². The van der Waals surface area contributed by atoms with E-state index >= 15 is 4.39 Å².